The molecule has 2 aromatic heterocycles. The number of nitrogen functional groups attached to an aromatic ring is 1. The summed E-state index contributed by atoms with van der Waals surface area (Å²) in [5, 5.41) is 9.10. The van der Waals surface area contributed by atoms with Gasteiger partial charge in [0.2, 0.25) is 0 Å². The summed E-state index contributed by atoms with van der Waals surface area (Å²) < 4.78 is 0. The Morgan fingerprint density at radius 1 is 1.56 bits per heavy atom. The van der Waals surface area contributed by atoms with Crippen LogP contribution in [0.2, 0.25) is 0 Å². The summed E-state index contributed by atoms with van der Waals surface area (Å²) in [5.74, 6) is 0. The lowest BCUT2D eigenvalue weighted by molar-refractivity contribution is 1.20. The Morgan fingerprint density at radius 2 is 2.31 bits per heavy atom. The van der Waals surface area contributed by atoms with Crippen LogP contribution in [0.25, 0.3) is 10.6 Å². The zero-order chi connectivity index (χ0) is 11.7. The van der Waals surface area contributed by atoms with Crippen molar-refractivity contribution in [3.63, 3.8) is 0 Å². The van der Waals surface area contributed by atoms with Crippen LogP contribution >= 0.6 is 11.3 Å². The fraction of sp³-hybridized carbons (Fsp3) is 0.100. The highest BCUT2D eigenvalue weighted by atomic mass is 32.1. The molecule has 3 N–H and O–H groups in total. The first-order valence-electron chi connectivity index (χ1n) is 4.48. The van der Waals surface area contributed by atoms with Gasteiger partial charge in [0.15, 0.2) is 5.13 Å². The molecule has 0 aliphatic heterocycles. The number of anilines is 1. The number of nitrogens with two attached hydrogens (primary N) is 1. The number of aromatic amines is 1. The Balaban J connectivity index is 2.59. The molecule has 0 radical (unpaired) electrons. The maximum Gasteiger partial charge on any atom is 0.266 e. The molecule has 0 saturated heterocycles. The third-order valence-electron chi connectivity index (χ3n) is 2.09. The summed E-state index contributed by atoms with van der Waals surface area (Å²) >= 11 is 1.30. The van der Waals surface area contributed by atoms with Crippen LogP contribution in [0.1, 0.15) is 11.3 Å². The Hall–Kier alpha value is -2.13. The zero-order valence-corrected chi connectivity index (χ0v) is 9.26. The van der Waals surface area contributed by atoms with Gasteiger partial charge in [-0.25, -0.2) is 4.98 Å². The topological polar surface area (TPSA) is 95.6 Å². The quantitative estimate of drug-likeness (QED) is 0.773. The molecule has 0 atom stereocenters. The van der Waals surface area contributed by atoms with E-state index in [0.717, 1.165) is 10.6 Å². The van der Waals surface area contributed by atoms with Gasteiger partial charge in [0, 0.05) is 0 Å². The monoisotopic (exact) mass is 232 g/mol. The van der Waals surface area contributed by atoms with Gasteiger partial charge in [-0.05, 0) is 19.1 Å². The summed E-state index contributed by atoms with van der Waals surface area (Å²) in [5.41, 5.74) is 6.67. The molecule has 2 rings (SSSR count). The molecule has 0 saturated carbocycles. The van der Waals surface area contributed by atoms with Crippen molar-refractivity contribution in [3.8, 4) is 16.6 Å². The van der Waals surface area contributed by atoms with Gasteiger partial charge in [0.05, 0.1) is 16.3 Å². The van der Waals surface area contributed by atoms with Crippen LogP contribution < -0.4 is 11.3 Å². The first-order valence-corrected chi connectivity index (χ1v) is 5.30. The third kappa shape index (κ3) is 1.68. The van der Waals surface area contributed by atoms with Crippen molar-refractivity contribution in [2.45, 2.75) is 6.92 Å². The lowest BCUT2D eigenvalue weighted by Gasteiger charge is -1.98. The van der Waals surface area contributed by atoms with Crippen LogP contribution in [0.4, 0.5) is 5.13 Å². The molecule has 0 fully saturated rings. The average molecular weight is 232 g/mol. The van der Waals surface area contributed by atoms with Crippen LogP contribution in [0.15, 0.2) is 16.9 Å². The number of H-pyrrole nitrogens is 1. The first kappa shape index (κ1) is 10.4. The molecule has 5 nitrogen and oxygen atoms in total. The molecular weight excluding hydrogens is 224 g/mol. The van der Waals surface area contributed by atoms with Gasteiger partial charge in [-0.2, -0.15) is 5.26 Å². The van der Waals surface area contributed by atoms with Gasteiger partial charge >= 0.3 is 0 Å². The highest BCUT2D eigenvalue weighted by molar-refractivity contribution is 7.18. The van der Waals surface area contributed by atoms with Crippen LogP contribution in [-0.4, -0.2) is 9.97 Å². The van der Waals surface area contributed by atoms with Gasteiger partial charge in [0.25, 0.3) is 5.56 Å². The predicted molar refractivity (Wildman–Crippen MR) is 62.0 cm³/mol. The fourth-order valence-corrected chi connectivity index (χ4v) is 2.18. The molecule has 0 unspecified atom stereocenters. The largest absolute Gasteiger partial charge is 0.375 e. The van der Waals surface area contributed by atoms with Gasteiger partial charge in [-0.15, -0.1) is 0 Å². The maximum absolute atomic E-state index is 11.4. The highest BCUT2D eigenvalue weighted by Crippen LogP contribution is 2.28. The minimum Gasteiger partial charge on any atom is -0.375 e. The molecule has 16 heavy (non-hydrogen) atoms. The lowest BCUT2D eigenvalue weighted by Crippen LogP contribution is -2.09. The van der Waals surface area contributed by atoms with Crippen molar-refractivity contribution in [1.29, 1.82) is 5.26 Å². The summed E-state index contributed by atoms with van der Waals surface area (Å²) in [6.07, 6.45) is 0. The number of nitriles is 1. The van der Waals surface area contributed by atoms with E-state index in [-0.39, 0.29) is 5.56 Å². The van der Waals surface area contributed by atoms with Gasteiger partial charge in [0.1, 0.15) is 11.6 Å². The second-order valence-electron chi connectivity index (χ2n) is 3.19. The molecular formula is C10H8N4OS. The number of rotatable bonds is 1. The Labute approximate surface area is 95.2 Å². The number of thiazole rings is 1. The number of nitrogens with zero attached hydrogens (tertiary/aromatic N) is 2. The van der Waals surface area contributed by atoms with E-state index in [4.69, 9.17) is 11.0 Å². The van der Waals surface area contributed by atoms with Crippen molar-refractivity contribution in [3.05, 3.63) is 33.7 Å². The molecule has 0 aromatic carbocycles. The van der Waals surface area contributed by atoms with E-state index in [1.807, 2.05) is 13.0 Å². The lowest BCUT2D eigenvalue weighted by atomic mass is 10.2. The van der Waals surface area contributed by atoms with Crippen molar-refractivity contribution in [2.75, 3.05) is 5.73 Å². The molecule has 0 aliphatic carbocycles. The number of aromatic nitrogens is 2. The highest BCUT2D eigenvalue weighted by Gasteiger charge is 2.09. The zero-order valence-electron chi connectivity index (χ0n) is 8.44. The second kappa shape index (κ2) is 3.79. The summed E-state index contributed by atoms with van der Waals surface area (Å²) in [6, 6.07) is 4.98. The van der Waals surface area contributed by atoms with Crippen molar-refractivity contribution < 1.29 is 0 Å². The molecule has 6 heteroatoms. The Morgan fingerprint density at radius 3 is 2.81 bits per heavy atom. The number of hydrogen-bond donors (Lipinski definition) is 2. The van der Waals surface area contributed by atoms with Crippen LogP contribution in [0, 0.1) is 18.3 Å². The fourth-order valence-electron chi connectivity index (χ4n) is 1.36. The van der Waals surface area contributed by atoms with Crippen molar-refractivity contribution in [1.82, 2.24) is 9.97 Å². The van der Waals surface area contributed by atoms with Crippen molar-refractivity contribution in [2.24, 2.45) is 0 Å². The SMILES string of the molecule is Cc1nc(N)sc1-c1ccc(C#N)c(=O)[nH]1. The molecule has 2 aromatic rings. The standard InChI is InChI=1S/C10H8N4OS/c1-5-8(16-10(12)13-5)7-3-2-6(4-11)9(15)14-7/h2-3H,1H3,(H2,12,13)(H,14,15). The molecule has 2 heterocycles. The number of aryl methyl sites for hydroxylation is 1. The van der Waals surface area contributed by atoms with Crippen LogP contribution in [0.3, 0.4) is 0 Å². The van der Waals surface area contributed by atoms with E-state index in [1.165, 1.54) is 17.4 Å². The average Bonchev–Trinajstić information content (AvgIpc) is 2.58. The van der Waals surface area contributed by atoms with Gasteiger partial charge in [-0.3, -0.25) is 4.79 Å². The van der Waals surface area contributed by atoms with E-state index in [9.17, 15) is 4.79 Å². The van der Waals surface area contributed by atoms with Crippen molar-refractivity contribution >= 4 is 16.5 Å². The molecule has 80 valence electrons. The number of hydrogen-bond acceptors (Lipinski definition) is 5. The molecule has 0 bridgehead atoms. The minimum absolute atomic E-state index is 0.0962. The maximum atomic E-state index is 11.4. The van der Waals surface area contributed by atoms with E-state index in [2.05, 4.69) is 9.97 Å². The Kier molecular flexibility index (Phi) is 2.46. The normalized spacial score (nSPS) is 10.0. The second-order valence-corrected chi connectivity index (χ2v) is 4.22. The summed E-state index contributed by atoms with van der Waals surface area (Å²) in [4.78, 5) is 19.0. The summed E-state index contributed by atoms with van der Waals surface area (Å²) in [6.45, 7) is 1.82. The minimum atomic E-state index is -0.397. The van der Waals surface area contributed by atoms with E-state index >= 15 is 0 Å². The van der Waals surface area contributed by atoms with Crippen LogP contribution in [-0.2, 0) is 0 Å². The number of pyridine rings is 1. The van der Waals surface area contributed by atoms with Gasteiger partial charge < -0.3 is 10.7 Å². The molecule has 0 spiro atoms. The summed E-state index contributed by atoms with van der Waals surface area (Å²) in [7, 11) is 0. The van der Waals surface area contributed by atoms with E-state index in [0.29, 0.717) is 10.8 Å². The molecule has 0 aliphatic rings. The van der Waals surface area contributed by atoms with E-state index < -0.39 is 5.56 Å². The Bertz CT molecular complexity index is 635. The van der Waals surface area contributed by atoms with Crippen LogP contribution in [0.5, 0.6) is 0 Å². The smallest absolute Gasteiger partial charge is 0.266 e. The first-order chi connectivity index (χ1) is 7.61. The number of nitrogens with one attached hydrogen (secondary N) is 1. The molecule has 0 amide bonds. The predicted octanol–water partition coefficient (Wildman–Crippen LogP) is 1.26. The van der Waals surface area contributed by atoms with E-state index in [1.54, 1.807) is 6.07 Å². The van der Waals surface area contributed by atoms with Gasteiger partial charge in [-0.1, -0.05) is 11.3 Å². The third-order valence-corrected chi connectivity index (χ3v) is 3.11.